The van der Waals surface area contributed by atoms with Gasteiger partial charge in [-0.15, -0.1) is 0 Å². The molecule has 4 rings (SSSR count). The van der Waals surface area contributed by atoms with Crippen LogP contribution in [0.4, 0.5) is 16.0 Å². The normalized spacial score (nSPS) is 16.4. The number of nitrogens with one attached hydrogen (secondary N) is 1. The third kappa shape index (κ3) is 4.49. The number of imidazole rings is 1. The van der Waals surface area contributed by atoms with Crippen LogP contribution in [0, 0.1) is 5.82 Å². The largest absolute Gasteiger partial charge is 0.456 e. The number of hydrogen-bond donors (Lipinski definition) is 1. The summed E-state index contributed by atoms with van der Waals surface area (Å²) in [7, 11) is 0. The van der Waals surface area contributed by atoms with Gasteiger partial charge in [0.2, 0.25) is 5.95 Å². The van der Waals surface area contributed by atoms with Gasteiger partial charge in [0.25, 0.3) is 0 Å². The molecule has 0 unspecified atom stereocenters. The zero-order valence-corrected chi connectivity index (χ0v) is 18.6. The van der Waals surface area contributed by atoms with Gasteiger partial charge in [-0.25, -0.2) is 14.2 Å². The maximum Gasteiger partial charge on any atom is 0.338 e. The van der Waals surface area contributed by atoms with E-state index in [1.165, 1.54) is 6.07 Å². The molecular weight excluding hydrogens is 453 g/mol. The number of esters is 1. The topological polar surface area (TPSA) is 65.4 Å². The lowest BCUT2D eigenvalue weighted by Crippen LogP contribution is -2.31. The molecule has 6 nitrogen and oxygen atoms in total. The summed E-state index contributed by atoms with van der Waals surface area (Å²) in [6.45, 7) is 6.77. The summed E-state index contributed by atoms with van der Waals surface area (Å²) in [4.78, 5) is 17.2. The molecule has 1 fully saturated rings. The summed E-state index contributed by atoms with van der Waals surface area (Å²) in [5.41, 5.74) is 1.62. The highest BCUT2D eigenvalue weighted by molar-refractivity contribution is 9.10. The van der Waals surface area contributed by atoms with Crippen LogP contribution >= 0.6 is 15.9 Å². The van der Waals surface area contributed by atoms with Crippen molar-refractivity contribution in [2.75, 3.05) is 11.9 Å². The second-order valence-corrected chi connectivity index (χ2v) is 9.20. The fraction of sp³-hybridized carbons (Fsp3) is 0.364. The van der Waals surface area contributed by atoms with Crippen LogP contribution in [-0.2, 0) is 16.0 Å². The van der Waals surface area contributed by atoms with Gasteiger partial charge in [0, 0.05) is 11.1 Å². The van der Waals surface area contributed by atoms with Crippen molar-refractivity contribution in [1.82, 2.24) is 9.55 Å². The second kappa shape index (κ2) is 8.00. The smallest absolute Gasteiger partial charge is 0.338 e. The molecule has 0 bridgehead atoms. The molecular formula is C22H23BrFN3O3. The first-order valence-corrected chi connectivity index (χ1v) is 10.6. The SMILES string of the molecule is CC(C)(C)OC(=O)c1ccc2nc(Nc3ccc(Br)cc3F)n(C[C@@H]3CCO3)c2c1. The predicted octanol–water partition coefficient (Wildman–Crippen LogP) is 5.43. The van der Waals surface area contributed by atoms with E-state index in [2.05, 4.69) is 26.2 Å². The standard InChI is InChI=1S/C22H23BrFN3O3/c1-22(2,3)30-20(28)13-4-6-18-19(10-13)27(12-15-8-9-29-15)21(26-18)25-17-7-5-14(23)11-16(17)24/h4-7,10-11,15H,8-9,12H2,1-3H3,(H,25,26)/t15-/m0/s1. The van der Waals surface area contributed by atoms with Crippen molar-refractivity contribution in [3.63, 3.8) is 0 Å². The average Bonchev–Trinajstić information content (AvgIpc) is 2.95. The van der Waals surface area contributed by atoms with Gasteiger partial charge in [-0.3, -0.25) is 0 Å². The number of rotatable bonds is 5. The average molecular weight is 476 g/mol. The Bertz CT molecular complexity index is 1100. The summed E-state index contributed by atoms with van der Waals surface area (Å²) in [6.07, 6.45) is 1.00. The third-order valence-corrected chi connectivity index (χ3v) is 5.23. The Morgan fingerprint density at radius 1 is 1.33 bits per heavy atom. The monoisotopic (exact) mass is 475 g/mol. The minimum Gasteiger partial charge on any atom is -0.456 e. The van der Waals surface area contributed by atoms with Crippen molar-refractivity contribution in [3.05, 3.63) is 52.3 Å². The highest BCUT2D eigenvalue weighted by atomic mass is 79.9. The van der Waals surface area contributed by atoms with Gasteiger partial charge in [-0.2, -0.15) is 0 Å². The van der Waals surface area contributed by atoms with Gasteiger partial charge in [0.05, 0.1) is 34.9 Å². The quantitative estimate of drug-likeness (QED) is 0.498. The first-order valence-electron chi connectivity index (χ1n) is 9.77. The number of ether oxygens (including phenoxy) is 2. The Kier molecular flexibility index (Phi) is 5.55. The van der Waals surface area contributed by atoms with E-state index in [0.29, 0.717) is 33.7 Å². The number of aromatic nitrogens is 2. The van der Waals surface area contributed by atoms with Crippen LogP contribution in [0.15, 0.2) is 40.9 Å². The molecule has 30 heavy (non-hydrogen) atoms. The van der Waals surface area contributed by atoms with Gasteiger partial charge in [0.1, 0.15) is 11.4 Å². The summed E-state index contributed by atoms with van der Waals surface area (Å²) < 4.78 is 28.0. The summed E-state index contributed by atoms with van der Waals surface area (Å²) >= 11 is 3.27. The molecule has 158 valence electrons. The van der Waals surface area contributed by atoms with E-state index in [1.54, 1.807) is 30.3 Å². The zero-order chi connectivity index (χ0) is 21.5. The van der Waals surface area contributed by atoms with E-state index in [4.69, 9.17) is 9.47 Å². The van der Waals surface area contributed by atoms with Gasteiger partial charge in [-0.05, 0) is 63.6 Å². The van der Waals surface area contributed by atoms with Crippen LogP contribution < -0.4 is 5.32 Å². The van der Waals surface area contributed by atoms with Crippen LogP contribution in [0.3, 0.4) is 0 Å². The van der Waals surface area contributed by atoms with Crippen LogP contribution in [0.2, 0.25) is 0 Å². The van der Waals surface area contributed by atoms with E-state index in [0.717, 1.165) is 18.5 Å². The van der Waals surface area contributed by atoms with Crippen LogP contribution in [0.5, 0.6) is 0 Å². The number of nitrogens with zero attached hydrogens (tertiary/aromatic N) is 2. The van der Waals surface area contributed by atoms with E-state index >= 15 is 0 Å². The highest BCUT2D eigenvalue weighted by Gasteiger charge is 2.24. The molecule has 8 heteroatoms. The Balaban J connectivity index is 1.73. The van der Waals surface area contributed by atoms with E-state index in [9.17, 15) is 9.18 Å². The number of hydrogen-bond acceptors (Lipinski definition) is 5. The van der Waals surface area contributed by atoms with Crippen molar-refractivity contribution in [3.8, 4) is 0 Å². The molecule has 1 N–H and O–H groups in total. The first-order chi connectivity index (χ1) is 14.2. The second-order valence-electron chi connectivity index (χ2n) is 8.28. The Labute approximate surface area is 182 Å². The molecule has 0 spiro atoms. The van der Waals surface area contributed by atoms with Crippen molar-refractivity contribution in [2.24, 2.45) is 0 Å². The maximum atomic E-state index is 14.4. The minimum absolute atomic E-state index is 0.0582. The van der Waals surface area contributed by atoms with Crippen LogP contribution in [-0.4, -0.2) is 33.8 Å². The van der Waals surface area contributed by atoms with Crippen molar-refractivity contribution in [2.45, 2.75) is 45.4 Å². The highest BCUT2D eigenvalue weighted by Crippen LogP contribution is 2.29. The Morgan fingerprint density at radius 2 is 2.10 bits per heavy atom. The number of anilines is 2. The Morgan fingerprint density at radius 3 is 2.73 bits per heavy atom. The van der Waals surface area contributed by atoms with Crippen LogP contribution in [0.25, 0.3) is 11.0 Å². The molecule has 0 radical (unpaired) electrons. The lowest BCUT2D eigenvalue weighted by molar-refractivity contribution is -0.0583. The minimum atomic E-state index is -0.585. The molecule has 0 saturated carbocycles. The van der Waals surface area contributed by atoms with E-state index < -0.39 is 17.4 Å². The number of halogens is 2. The van der Waals surface area contributed by atoms with Gasteiger partial charge in [-0.1, -0.05) is 15.9 Å². The molecule has 1 aromatic heterocycles. The van der Waals surface area contributed by atoms with Crippen molar-refractivity contribution < 1.29 is 18.7 Å². The molecule has 2 aromatic carbocycles. The molecule has 1 saturated heterocycles. The molecule has 3 aromatic rings. The molecule has 1 aliphatic heterocycles. The maximum absolute atomic E-state index is 14.4. The van der Waals surface area contributed by atoms with Gasteiger partial charge in [0.15, 0.2) is 0 Å². The lowest BCUT2D eigenvalue weighted by atomic mass is 10.1. The van der Waals surface area contributed by atoms with Crippen molar-refractivity contribution >= 4 is 44.6 Å². The molecule has 1 aliphatic rings. The van der Waals surface area contributed by atoms with Crippen molar-refractivity contribution in [1.29, 1.82) is 0 Å². The molecule has 0 amide bonds. The van der Waals surface area contributed by atoms with Gasteiger partial charge < -0.3 is 19.4 Å². The number of carbonyl (C=O) groups is 1. The summed E-state index contributed by atoms with van der Waals surface area (Å²) in [5, 5.41) is 3.08. The molecule has 0 aliphatic carbocycles. The van der Waals surface area contributed by atoms with E-state index in [1.807, 2.05) is 25.3 Å². The molecule has 1 atom stereocenters. The number of benzene rings is 2. The summed E-state index contributed by atoms with van der Waals surface area (Å²) in [5.74, 6) is -0.300. The molecule has 2 heterocycles. The number of carbonyl (C=O) groups excluding carboxylic acids is 1. The third-order valence-electron chi connectivity index (χ3n) is 4.74. The van der Waals surface area contributed by atoms with Gasteiger partial charge >= 0.3 is 5.97 Å². The van der Waals surface area contributed by atoms with E-state index in [-0.39, 0.29) is 6.10 Å². The van der Waals surface area contributed by atoms with Crippen LogP contribution in [0.1, 0.15) is 37.6 Å². The zero-order valence-electron chi connectivity index (χ0n) is 17.0. The fourth-order valence-electron chi connectivity index (χ4n) is 3.21. The predicted molar refractivity (Wildman–Crippen MR) is 117 cm³/mol. The number of fused-ring (bicyclic) bond motifs is 1. The lowest BCUT2D eigenvalue weighted by Gasteiger charge is -2.27. The Hall–Kier alpha value is -2.45. The summed E-state index contributed by atoms with van der Waals surface area (Å²) in [6, 6.07) is 10.0. The fourth-order valence-corrected chi connectivity index (χ4v) is 3.54. The first kappa shape index (κ1) is 20.8.